The third kappa shape index (κ3) is 4.91. The van der Waals surface area contributed by atoms with E-state index < -0.39 is 15.7 Å². The Morgan fingerprint density at radius 2 is 1.90 bits per heavy atom. The largest absolute Gasteiger partial charge is 0.484 e. The second kappa shape index (κ2) is 8.84. The fourth-order valence-corrected chi connectivity index (χ4v) is 7.91. The standard InChI is InChI=1S/C22H23ClN2O4S2/c1-14(2)17-5-3-4-6-18(17)25-19-12-31(27,28)13-20(19)30-22(25)24-21(26)11-29-16-9-7-15(23)8-10-16/h3-10,14,19-20H,11-13H2,1-2H3/t19-,20+/m1/s1. The molecule has 0 spiro atoms. The molecule has 9 heteroatoms. The van der Waals surface area contributed by atoms with Crippen LogP contribution in [0.3, 0.4) is 0 Å². The van der Waals surface area contributed by atoms with Gasteiger partial charge in [-0.1, -0.05) is 55.4 Å². The average Bonchev–Trinajstić information content (AvgIpc) is 3.18. The summed E-state index contributed by atoms with van der Waals surface area (Å²) in [6, 6.07) is 14.4. The first-order valence-electron chi connectivity index (χ1n) is 9.98. The summed E-state index contributed by atoms with van der Waals surface area (Å²) in [5.74, 6) is 0.501. The van der Waals surface area contributed by atoms with Gasteiger partial charge in [0.25, 0.3) is 5.91 Å². The Balaban J connectivity index is 1.61. The zero-order chi connectivity index (χ0) is 22.2. The zero-order valence-corrected chi connectivity index (χ0v) is 19.6. The van der Waals surface area contributed by atoms with Crippen molar-refractivity contribution in [2.45, 2.75) is 31.1 Å². The zero-order valence-electron chi connectivity index (χ0n) is 17.2. The van der Waals surface area contributed by atoms with Crippen LogP contribution < -0.4 is 9.64 Å². The van der Waals surface area contributed by atoms with Gasteiger partial charge in [0.15, 0.2) is 21.6 Å². The van der Waals surface area contributed by atoms with Gasteiger partial charge in [-0.2, -0.15) is 4.99 Å². The van der Waals surface area contributed by atoms with E-state index in [2.05, 4.69) is 18.8 Å². The summed E-state index contributed by atoms with van der Waals surface area (Å²) in [6.07, 6.45) is 0. The Hall–Kier alpha value is -2.03. The molecule has 0 saturated carbocycles. The van der Waals surface area contributed by atoms with E-state index in [0.29, 0.717) is 15.9 Å². The van der Waals surface area contributed by atoms with Crippen LogP contribution in [0.25, 0.3) is 0 Å². The summed E-state index contributed by atoms with van der Waals surface area (Å²) in [7, 11) is -3.12. The van der Waals surface area contributed by atoms with Crippen LogP contribution in [-0.2, 0) is 14.6 Å². The van der Waals surface area contributed by atoms with Crippen LogP contribution in [0.1, 0.15) is 25.3 Å². The number of fused-ring (bicyclic) bond motifs is 1. The van der Waals surface area contributed by atoms with Crippen LogP contribution in [0.5, 0.6) is 5.75 Å². The number of thioether (sulfide) groups is 1. The van der Waals surface area contributed by atoms with Crippen molar-refractivity contribution in [3.63, 3.8) is 0 Å². The minimum absolute atomic E-state index is 0.0611. The van der Waals surface area contributed by atoms with Gasteiger partial charge in [-0.05, 0) is 41.8 Å². The minimum atomic E-state index is -3.12. The second-order valence-corrected chi connectivity index (χ2v) is 11.7. The van der Waals surface area contributed by atoms with Crippen molar-refractivity contribution in [2.75, 3.05) is 23.0 Å². The number of rotatable bonds is 5. The van der Waals surface area contributed by atoms with Gasteiger partial charge in [-0.3, -0.25) is 4.79 Å². The van der Waals surface area contributed by atoms with Crippen molar-refractivity contribution in [2.24, 2.45) is 4.99 Å². The number of hydrogen-bond acceptors (Lipinski definition) is 5. The molecular formula is C22H23ClN2O4S2. The molecule has 0 N–H and O–H groups in total. The first-order valence-corrected chi connectivity index (χ1v) is 13.1. The fourth-order valence-electron chi connectivity index (χ4n) is 3.86. The van der Waals surface area contributed by atoms with E-state index in [-0.39, 0.29) is 35.3 Å². The highest BCUT2D eigenvalue weighted by Crippen LogP contribution is 2.43. The SMILES string of the molecule is CC(C)c1ccccc1N1C(=NC(=O)COc2ccc(Cl)cc2)S[C@H]2CS(=O)(=O)C[C@H]21. The molecule has 1 amide bonds. The van der Waals surface area contributed by atoms with E-state index in [9.17, 15) is 13.2 Å². The summed E-state index contributed by atoms with van der Waals surface area (Å²) >= 11 is 7.23. The van der Waals surface area contributed by atoms with Crippen LogP contribution in [0, 0.1) is 0 Å². The normalized spacial score (nSPS) is 23.4. The maximum Gasteiger partial charge on any atom is 0.285 e. The lowest BCUT2D eigenvalue weighted by atomic mass is 9.99. The van der Waals surface area contributed by atoms with Crippen molar-refractivity contribution in [1.29, 1.82) is 0 Å². The van der Waals surface area contributed by atoms with E-state index >= 15 is 0 Å². The third-order valence-corrected chi connectivity index (χ3v) is 8.74. The van der Waals surface area contributed by atoms with E-state index in [1.807, 2.05) is 29.2 Å². The Kier molecular flexibility index (Phi) is 6.32. The number of amidine groups is 1. The molecule has 4 rings (SSSR count). The number of amides is 1. The molecule has 2 aromatic rings. The van der Waals surface area contributed by atoms with Crippen molar-refractivity contribution in [1.82, 2.24) is 0 Å². The lowest BCUT2D eigenvalue weighted by molar-refractivity contribution is -0.119. The molecule has 0 aromatic heterocycles. The maximum absolute atomic E-state index is 12.6. The van der Waals surface area contributed by atoms with Crippen LogP contribution >= 0.6 is 23.4 Å². The number of ether oxygens (including phenoxy) is 1. The number of benzene rings is 2. The van der Waals surface area contributed by atoms with E-state index in [1.165, 1.54) is 11.8 Å². The van der Waals surface area contributed by atoms with Crippen LogP contribution in [0.2, 0.25) is 5.02 Å². The predicted octanol–water partition coefficient (Wildman–Crippen LogP) is 4.14. The molecule has 2 fully saturated rings. The molecule has 2 atom stereocenters. The van der Waals surface area contributed by atoms with Crippen LogP contribution in [0.4, 0.5) is 5.69 Å². The van der Waals surface area contributed by atoms with Gasteiger partial charge in [0.2, 0.25) is 0 Å². The van der Waals surface area contributed by atoms with Crippen molar-refractivity contribution in [3.8, 4) is 5.75 Å². The summed E-state index contributed by atoms with van der Waals surface area (Å²) in [6.45, 7) is 3.97. The highest BCUT2D eigenvalue weighted by Gasteiger charge is 2.49. The molecule has 0 bridgehead atoms. The van der Waals surface area contributed by atoms with Gasteiger partial charge >= 0.3 is 0 Å². The quantitative estimate of drug-likeness (QED) is 0.642. The first-order chi connectivity index (χ1) is 14.7. The number of para-hydroxylation sites is 1. The molecule has 31 heavy (non-hydrogen) atoms. The summed E-state index contributed by atoms with van der Waals surface area (Å²) in [4.78, 5) is 18.8. The van der Waals surface area contributed by atoms with Gasteiger partial charge in [0, 0.05) is 16.0 Å². The third-order valence-electron chi connectivity index (χ3n) is 5.28. The molecule has 164 valence electrons. The molecule has 2 saturated heterocycles. The van der Waals surface area contributed by atoms with E-state index in [4.69, 9.17) is 16.3 Å². The molecule has 2 heterocycles. The minimum Gasteiger partial charge on any atom is -0.484 e. The monoisotopic (exact) mass is 478 g/mol. The molecule has 2 aliphatic rings. The summed E-state index contributed by atoms with van der Waals surface area (Å²) < 4.78 is 30.1. The molecule has 0 unspecified atom stereocenters. The number of nitrogens with zero attached hydrogens (tertiary/aromatic N) is 2. The van der Waals surface area contributed by atoms with Crippen molar-refractivity contribution >= 4 is 50.0 Å². The highest BCUT2D eigenvalue weighted by atomic mass is 35.5. The number of hydrogen-bond donors (Lipinski definition) is 0. The predicted molar refractivity (Wildman–Crippen MR) is 126 cm³/mol. The lowest BCUT2D eigenvalue weighted by Crippen LogP contribution is -2.38. The second-order valence-electron chi connectivity index (χ2n) is 7.91. The van der Waals surface area contributed by atoms with Crippen LogP contribution in [-0.4, -0.2) is 48.9 Å². The van der Waals surface area contributed by atoms with Gasteiger partial charge in [0.1, 0.15) is 5.75 Å². The van der Waals surface area contributed by atoms with Gasteiger partial charge in [0.05, 0.1) is 17.5 Å². The van der Waals surface area contributed by atoms with E-state index in [1.54, 1.807) is 24.3 Å². The number of sulfone groups is 1. The van der Waals surface area contributed by atoms with Crippen molar-refractivity contribution in [3.05, 3.63) is 59.1 Å². The van der Waals surface area contributed by atoms with Gasteiger partial charge in [-0.25, -0.2) is 8.42 Å². The van der Waals surface area contributed by atoms with Crippen molar-refractivity contribution < 1.29 is 17.9 Å². The molecule has 0 radical (unpaired) electrons. The topological polar surface area (TPSA) is 76.0 Å². The summed E-state index contributed by atoms with van der Waals surface area (Å²) in [5.41, 5.74) is 1.99. The number of carbonyl (C=O) groups is 1. The molecule has 2 aromatic carbocycles. The smallest absolute Gasteiger partial charge is 0.285 e. The lowest BCUT2D eigenvalue weighted by Gasteiger charge is -2.28. The summed E-state index contributed by atoms with van der Waals surface area (Å²) in [5, 5.41) is 0.971. The van der Waals surface area contributed by atoms with E-state index in [0.717, 1.165) is 11.3 Å². The Morgan fingerprint density at radius 3 is 2.61 bits per heavy atom. The number of aliphatic imine (C=N–C) groups is 1. The fraction of sp³-hybridized carbons (Fsp3) is 0.364. The van der Waals surface area contributed by atoms with Crippen LogP contribution in [0.15, 0.2) is 53.5 Å². The number of halogens is 1. The Bertz CT molecular complexity index is 1120. The molecular weight excluding hydrogens is 456 g/mol. The first kappa shape index (κ1) is 22.2. The maximum atomic E-state index is 12.6. The molecule has 6 nitrogen and oxygen atoms in total. The molecule has 2 aliphatic heterocycles. The number of anilines is 1. The van der Waals surface area contributed by atoms with Gasteiger partial charge < -0.3 is 9.64 Å². The van der Waals surface area contributed by atoms with Gasteiger partial charge in [-0.15, -0.1) is 0 Å². The Labute approximate surface area is 191 Å². The number of carbonyl (C=O) groups excluding carboxylic acids is 1. The average molecular weight is 479 g/mol. The molecule has 0 aliphatic carbocycles. The highest BCUT2D eigenvalue weighted by molar-refractivity contribution is 8.16. The Morgan fingerprint density at radius 1 is 1.19 bits per heavy atom.